The van der Waals surface area contributed by atoms with E-state index in [0.29, 0.717) is 12.5 Å². The maximum absolute atomic E-state index is 13.5. The van der Waals surface area contributed by atoms with E-state index in [9.17, 15) is 13.6 Å². The van der Waals surface area contributed by atoms with Crippen LogP contribution in [0.25, 0.3) is 0 Å². The molecule has 21 heavy (non-hydrogen) atoms. The first-order valence-electron chi connectivity index (χ1n) is 7.26. The molecule has 4 nitrogen and oxygen atoms in total. The number of nitrogens with two attached hydrogens (primary N) is 1. The summed E-state index contributed by atoms with van der Waals surface area (Å²) < 4.78 is 26.9. The van der Waals surface area contributed by atoms with Gasteiger partial charge < -0.3 is 11.1 Å². The molecule has 1 unspecified atom stereocenters. The van der Waals surface area contributed by atoms with Crippen molar-refractivity contribution in [3.63, 3.8) is 0 Å². The number of rotatable bonds is 5. The average molecular weight is 297 g/mol. The Hall–Kier alpha value is -1.53. The monoisotopic (exact) mass is 297 g/mol. The van der Waals surface area contributed by atoms with Crippen molar-refractivity contribution in [2.24, 2.45) is 11.7 Å². The minimum absolute atomic E-state index is 0.148. The van der Waals surface area contributed by atoms with Gasteiger partial charge in [0.2, 0.25) is 5.91 Å². The third-order valence-electron chi connectivity index (χ3n) is 3.77. The minimum Gasteiger partial charge on any atom is -0.330 e. The molecule has 0 aromatic heterocycles. The van der Waals surface area contributed by atoms with Crippen LogP contribution >= 0.6 is 0 Å². The van der Waals surface area contributed by atoms with E-state index in [-0.39, 0.29) is 12.2 Å². The molecular formula is C15H21F2N3O. The van der Waals surface area contributed by atoms with Gasteiger partial charge in [-0.3, -0.25) is 9.69 Å². The molecule has 1 aromatic carbocycles. The van der Waals surface area contributed by atoms with Crippen LogP contribution in [0.3, 0.4) is 0 Å². The van der Waals surface area contributed by atoms with Crippen LogP contribution in [0, 0.1) is 17.6 Å². The fraction of sp³-hybridized carbons (Fsp3) is 0.533. The van der Waals surface area contributed by atoms with E-state index in [2.05, 4.69) is 5.32 Å². The van der Waals surface area contributed by atoms with Crippen molar-refractivity contribution in [2.75, 3.05) is 31.5 Å². The smallest absolute Gasteiger partial charge is 0.238 e. The molecule has 1 fully saturated rings. The lowest BCUT2D eigenvalue weighted by Gasteiger charge is -2.32. The van der Waals surface area contributed by atoms with E-state index in [1.54, 1.807) is 0 Å². The summed E-state index contributed by atoms with van der Waals surface area (Å²) in [5.41, 5.74) is 5.18. The molecule has 1 heterocycles. The highest BCUT2D eigenvalue weighted by Crippen LogP contribution is 2.20. The SMILES string of the molecule is NCCC1CCCN(CC(=O)Nc2c(F)cccc2F)C1. The van der Waals surface area contributed by atoms with Gasteiger partial charge in [-0.15, -0.1) is 0 Å². The van der Waals surface area contributed by atoms with Gasteiger partial charge in [-0.1, -0.05) is 6.07 Å². The molecule has 0 bridgehead atoms. The molecule has 1 aliphatic heterocycles. The highest BCUT2D eigenvalue weighted by Gasteiger charge is 2.21. The lowest BCUT2D eigenvalue weighted by molar-refractivity contribution is -0.117. The van der Waals surface area contributed by atoms with E-state index < -0.39 is 17.5 Å². The van der Waals surface area contributed by atoms with Crippen LogP contribution in [0.4, 0.5) is 14.5 Å². The molecule has 3 N–H and O–H groups in total. The highest BCUT2D eigenvalue weighted by atomic mass is 19.1. The second kappa shape index (κ2) is 7.47. The number of carbonyl (C=O) groups is 1. The molecule has 1 saturated heterocycles. The maximum atomic E-state index is 13.5. The summed E-state index contributed by atoms with van der Waals surface area (Å²) in [6.45, 7) is 2.43. The van der Waals surface area contributed by atoms with Gasteiger partial charge >= 0.3 is 0 Å². The Labute approximate surface area is 123 Å². The second-order valence-electron chi connectivity index (χ2n) is 5.47. The summed E-state index contributed by atoms with van der Waals surface area (Å²) >= 11 is 0. The molecule has 1 aromatic rings. The summed E-state index contributed by atoms with van der Waals surface area (Å²) in [5, 5.41) is 2.32. The van der Waals surface area contributed by atoms with Crippen LogP contribution in [0.15, 0.2) is 18.2 Å². The van der Waals surface area contributed by atoms with Crippen molar-refractivity contribution in [3.8, 4) is 0 Å². The van der Waals surface area contributed by atoms with Gasteiger partial charge in [-0.25, -0.2) is 8.78 Å². The van der Waals surface area contributed by atoms with Crippen molar-refractivity contribution in [1.82, 2.24) is 4.90 Å². The Bertz CT molecular complexity index is 474. The molecule has 0 radical (unpaired) electrons. The van der Waals surface area contributed by atoms with Crippen LogP contribution in [0.1, 0.15) is 19.3 Å². The lowest BCUT2D eigenvalue weighted by Crippen LogP contribution is -2.41. The summed E-state index contributed by atoms with van der Waals surface area (Å²) in [6.07, 6.45) is 3.09. The number of anilines is 1. The third-order valence-corrected chi connectivity index (χ3v) is 3.77. The second-order valence-corrected chi connectivity index (χ2v) is 5.47. The van der Waals surface area contributed by atoms with Crippen molar-refractivity contribution in [3.05, 3.63) is 29.8 Å². The van der Waals surface area contributed by atoms with Crippen molar-refractivity contribution < 1.29 is 13.6 Å². The average Bonchev–Trinajstić information content (AvgIpc) is 2.44. The van der Waals surface area contributed by atoms with Gasteiger partial charge in [-0.05, 0) is 50.4 Å². The maximum Gasteiger partial charge on any atom is 0.238 e. The molecule has 0 saturated carbocycles. The van der Waals surface area contributed by atoms with E-state index in [1.165, 1.54) is 6.07 Å². The number of nitrogens with one attached hydrogen (secondary N) is 1. The summed E-state index contributed by atoms with van der Waals surface area (Å²) in [4.78, 5) is 14.0. The molecule has 0 aliphatic carbocycles. The summed E-state index contributed by atoms with van der Waals surface area (Å²) in [7, 11) is 0. The Balaban J connectivity index is 1.89. The predicted octanol–water partition coefficient (Wildman–Crippen LogP) is 1.96. The number of halogens is 2. The first kappa shape index (κ1) is 15.9. The number of hydrogen-bond donors (Lipinski definition) is 2. The number of benzene rings is 1. The van der Waals surface area contributed by atoms with Crippen LogP contribution in [-0.4, -0.2) is 37.0 Å². The predicted molar refractivity (Wildman–Crippen MR) is 77.8 cm³/mol. The third kappa shape index (κ3) is 4.47. The lowest BCUT2D eigenvalue weighted by atomic mass is 9.95. The van der Waals surface area contributed by atoms with Crippen molar-refractivity contribution >= 4 is 11.6 Å². The molecule has 116 valence electrons. The Morgan fingerprint density at radius 3 is 2.76 bits per heavy atom. The normalized spacial score (nSPS) is 19.5. The van der Waals surface area contributed by atoms with Gasteiger partial charge in [0.25, 0.3) is 0 Å². The van der Waals surface area contributed by atoms with Gasteiger partial charge in [0.1, 0.15) is 17.3 Å². The zero-order valence-corrected chi connectivity index (χ0v) is 11.9. The minimum atomic E-state index is -0.761. The largest absolute Gasteiger partial charge is 0.330 e. The molecular weight excluding hydrogens is 276 g/mol. The fourth-order valence-electron chi connectivity index (χ4n) is 2.77. The van der Waals surface area contributed by atoms with E-state index in [1.807, 2.05) is 4.90 Å². The summed E-state index contributed by atoms with van der Waals surface area (Å²) in [6, 6.07) is 3.51. The van der Waals surface area contributed by atoms with Crippen molar-refractivity contribution in [1.29, 1.82) is 0 Å². The standard InChI is InChI=1S/C15H21F2N3O/c16-12-4-1-5-13(17)15(12)19-14(21)10-20-8-2-3-11(9-20)6-7-18/h1,4-5,11H,2-3,6-10,18H2,(H,19,21). The summed E-state index contributed by atoms with van der Waals surface area (Å²) in [5.74, 6) is -1.42. The fourth-order valence-corrected chi connectivity index (χ4v) is 2.77. The number of nitrogens with zero attached hydrogens (tertiary/aromatic N) is 1. The topological polar surface area (TPSA) is 58.4 Å². The number of hydrogen-bond acceptors (Lipinski definition) is 3. The van der Waals surface area contributed by atoms with Gasteiger partial charge in [0, 0.05) is 6.54 Å². The highest BCUT2D eigenvalue weighted by molar-refractivity contribution is 5.92. The molecule has 2 rings (SSSR count). The van der Waals surface area contributed by atoms with E-state index >= 15 is 0 Å². The van der Waals surface area contributed by atoms with Crippen LogP contribution in [-0.2, 0) is 4.79 Å². The van der Waals surface area contributed by atoms with E-state index in [4.69, 9.17) is 5.73 Å². The van der Waals surface area contributed by atoms with Crippen LogP contribution in [0.2, 0.25) is 0 Å². The Kier molecular flexibility index (Phi) is 5.64. The number of para-hydroxylation sites is 1. The Morgan fingerprint density at radius 1 is 1.38 bits per heavy atom. The zero-order chi connectivity index (χ0) is 15.2. The van der Waals surface area contributed by atoms with Crippen LogP contribution in [0.5, 0.6) is 0 Å². The molecule has 0 spiro atoms. The molecule has 6 heteroatoms. The molecule has 1 atom stereocenters. The number of carbonyl (C=O) groups excluding carboxylic acids is 1. The molecule has 1 aliphatic rings. The zero-order valence-electron chi connectivity index (χ0n) is 11.9. The van der Waals surface area contributed by atoms with Crippen LogP contribution < -0.4 is 11.1 Å². The quantitative estimate of drug-likeness (QED) is 0.873. The Morgan fingerprint density at radius 2 is 2.10 bits per heavy atom. The van der Waals surface area contributed by atoms with Gasteiger partial charge in [0.15, 0.2) is 0 Å². The van der Waals surface area contributed by atoms with E-state index in [0.717, 1.165) is 44.5 Å². The molecule has 1 amide bonds. The first-order valence-corrected chi connectivity index (χ1v) is 7.26. The first-order chi connectivity index (χ1) is 10.1. The number of piperidine rings is 1. The van der Waals surface area contributed by atoms with Crippen molar-refractivity contribution in [2.45, 2.75) is 19.3 Å². The number of amides is 1. The van der Waals surface area contributed by atoms with Gasteiger partial charge in [-0.2, -0.15) is 0 Å². The van der Waals surface area contributed by atoms with Gasteiger partial charge in [0.05, 0.1) is 6.54 Å². The number of likely N-dealkylation sites (tertiary alicyclic amines) is 1.